The summed E-state index contributed by atoms with van der Waals surface area (Å²) in [5.74, 6) is -0.258. The van der Waals surface area contributed by atoms with Crippen LogP contribution in [0.25, 0.3) is 0 Å². The first kappa shape index (κ1) is 15.0. The molecule has 0 unspecified atom stereocenters. The van der Waals surface area contributed by atoms with Crippen molar-refractivity contribution in [1.29, 1.82) is 0 Å². The Bertz CT molecular complexity index is 574. The van der Waals surface area contributed by atoms with E-state index in [-0.39, 0.29) is 6.10 Å². The van der Waals surface area contributed by atoms with Crippen LogP contribution in [0.4, 0.5) is 5.82 Å². The molecular weight excluding hydrogens is 312 g/mol. The van der Waals surface area contributed by atoms with Gasteiger partial charge >= 0.3 is 5.97 Å². The van der Waals surface area contributed by atoms with E-state index in [4.69, 9.17) is 16.3 Å². The average Bonchev–Trinajstić information content (AvgIpc) is 3.30. The predicted molar refractivity (Wildman–Crippen MR) is 77.3 cm³/mol. The summed E-state index contributed by atoms with van der Waals surface area (Å²) in [6.45, 7) is 1.38. The van der Waals surface area contributed by atoms with Crippen molar-refractivity contribution in [1.82, 2.24) is 10.2 Å². The van der Waals surface area contributed by atoms with Crippen LogP contribution < -0.4 is 4.90 Å². The molecule has 0 bridgehead atoms. The van der Waals surface area contributed by atoms with E-state index in [0.29, 0.717) is 37.5 Å². The van der Waals surface area contributed by atoms with Crippen molar-refractivity contribution < 1.29 is 14.5 Å². The van der Waals surface area contributed by atoms with Crippen molar-refractivity contribution in [2.75, 3.05) is 18.0 Å². The van der Waals surface area contributed by atoms with Crippen molar-refractivity contribution in [2.24, 2.45) is 5.92 Å². The van der Waals surface area contributed by atoms with Crippen LogP contribution >= 0.6 is 11.6 Å². The van der Waals surface area contributed by atoms with Gasteiger partial charge in [0.1, 0.15) is 12.0 Å². The van der Waals surface area contributed by atoms with Crippen molar-refractivity contribution in [3.63, 3.8) is 0 Å². The zero-order chi connectivity index (χ0) is 15.7. The molecule has 3 rings (SSSR count). The fourth-order valence-electron chi connectivity index (χ4n) is 2.60. The summed E-state index contributed by atoms with van der Waals surface area (Å²) in [5, 5.41) is 18.7. The Morgan fingerprint density at radius 1 is 1.36 bits per heavy atom. The predicted octanol–water partition coefficient (Wildman–Crippen LogP) is 1.31. The summed E-state index contributed by atoms with van der Waals surface area (Å²) in [6, 6.07) is 2.73. The number of halogens is 1. The maximum atomic E-state index is 11.8. The highest BCUT2D eigenvalue weighted by Gasteiger charge is 2.55. The van der Waals surface area contributed by atoms with Gasteiger partial charge in [0.05, 0.1) is 0 Å². The third-order valence-electron chi connectivity index (χ3n) is 4.00. The molecule has 1 aromatic rings. The second kappa shape index (κ2) is 6.04. The molecule has 0 radical (unpaired) electrons. The highest BCUT2D eigenvalue weighted by Crippen LogP contribution is 2.35. The van der Waals surface area contributed by atoms with Gasteiger partial charge in [-0.25, -0.2) is 0 Å². The van der Waals surface area contributed by atoms with E-state index < -0.39 is 22.9 Å². The summed E-state index contributed by atoms with van der Waals surface area (Å²) < 4.78 is 5.37. The van der Waals surface area contributed by atoms with E-state index in [2.05, 4.69) is 10.2 Å². The molecule has 0 aromatic carbocycles. The lowest BCUT2D eigenvalue weighted by molar-refractivity contribution is -0.497. The molecule has 2 heterocycles. The summed E-state index contributed by atoms with van der Waals surface area (Å²) >= 11 is 5.70. The van der Waals surface area contributed by atoms with Gasteiger partial charge in [0.25, 0.3) is 0 Å². The number of carbonyl (C=O) groups is 1. The second-order valence-electron chi connectivity index (χ2n) is 5.53. The Kier molecular flexibility index (Phi) is 4.10. The molecule has 118 valence electrons. The van der Waals surface area contributed by atoms with Crippen molar-refractivity contribution >= 4 is 23.4 Å². The maximum Gasteiger partial charge on any atom is 0.316 e. The monoisotopic (exact) mass is 326 g/mol. The molecule has 0 N–H and O–H groups in total. The van der Waals surface area contributed by atoms with Gasteiger partial charge in [-0.1, -0.05) is 11.6 Å². The third kappa shape index (κ3) is 3.27. The molecule has 22 heavy (non-hydrogen) atoms. The van der Waals surface area contributed by atoms with Crippen LogP contribution in [0.3, 0.4) is 0 Å². The van der Waals surface area contributed by atoms with Crippen LogP contribution in [0, 0.1) is 16.0 Å². The van der Waals surface area contributed by atoms with E-state index in [1.54, 1.807) is 12.1 Å². The summed E-state index contributed by atoms with van der Waals surface area (Å²) in [7, 11) is 0. The topological polar surface area (TPSA) is 98.5 Å². The number of hydrogen-bond donors (Lipinski definition) is 0. The van der Waals surface area contributed by atoms with Gasteiger partial charge in [-0.15, -0.1) is 10.2 Å². The molecule has 2 aliphatic rings. The molecule has 0 amide bonds. The molecular formula is C13H15ClN4O4. The van der Waals surface area contributed by atoms with Gasteiger partial charge < -0.3 is 9.64 Å². The summed E-state index contributed by atoms with van der Waals surface area (Å²) in [6.07, 6.45) is 1.46. The van der Waals surface area contributed by atoms with E-state index in [1.807, 2.05) is 4.90 Å². The molecule has 1 aromatic heterocycles. The van der Waals surface area contributed by atoms with Crippen molar-refractivity contribution in [3.8, 4) is 0 Å². The van der Waals surface area contributed by atoms with Crippen LogP contribution in [-0.2, 0) is 9.53 Å². The standard InChI is InChI=1S/C13H15ClN4O4/c14-11-1-2-12(16-15-11)17-5-3-8(4-6-17)22-13(19)9-7-10(9)18(20)21/h1-2,8-10H,3-7H2/t9-,10+/m0/s1. The number of esters is 1. The van der Waals surface area contributed by atoms with Crippen molar-refractivity contribution in [2.45, 2.75) is 31.4 Å². The van der Waals surface area contributed by atoms with Crippen LogP contribution in [0.15, 0.2) is 12.1 Å². The van der Waals surface area contributed by atoms with E-state index in [9.17, 15) is 14.9 Å². The molecule has 2 fully saturated rings. The summed E-state index contributed by atoms with van der Waals surface area (Å²) in [4.78, 5) is 24.0. The Morgan fingerprint density at radius 2 is 2.09 bits per heavy atom. The number of hydrogen-bond acceptors (Lipinski definition) is 7. The lowest BCUT2D eigenvalue weighted by Gasteiger charge is -2.32. The first-order valence-electron chi connectivity index (χ1n) is 7.13. The highest BCUT2D eigenvalue weighted by atomic mass is 35.5. The molecule has 1 saturated carbocycles. The number of aromatic nitrogens is 2. The fraction of sp³-hybridized carbons (Fsp3) is 0.615. The second-order valence-corrected chi connectivity index (χ2v) is 5.92. The third-order valence-corrected chi connectivity index (χ3v) is 4.20. The summed E-state index contributed by atoms with van der Waals surface area (Å²) in [5.41, 5.74) is 0. The van der Waals surface area contributed by atoms with Crippen LogP contribution in [-0.4, -0.2) is 46.3 Å². The van der Waals surface area contributed by atoms with Crippen molar-refractivity contribution in [3.05, 3.63) is 27.4 Å². The smallest absolute Gasteiger partial charge is 0.316 e. The SMILES string of the molecule is O=C(OC1CCN(c2ccc(Cl)nn2)CC1)[C@H]1C[C@H]1[N+](=O)[O-]. The van der Waals surface area contributed by atoms with Crippen LogP contribution in [0.2, 0.25) is 5.15 Å². The number of nitro groups is 1. The van der Waals surface area contributed by atoms with Gasteiger partial charge in [-0.05, 0) is 12.1 Å². The van der Waals surface area contributed by atoms with Gasteiger partial charge in [0.2, 0.25) is 6.04 Å². The Labute approximate surface area is 131 Å². The largest absolute Gasteiger partial charge is 0.462 e. The normalized spacial score (nSPS) is 24.9. The number of nitrogens with zero attached hydrogens (tertiary/aromatic N) is 4. The molecule has 8 nitrogen and oxygen atoms in total. The van der Waals surface area contributed by atoms with Gasteiger partial charge in [-0.2, -0.15) is 0 Å². The van der Waals surface area contributed by atoms with E-state index in [0.717, 1.165) is 5.82 Å². The van der Waals surface area contributed by atoms with E-state index >= 15 is 0 Å². The minimum Gasteiger partial charge on any atom is -0.462 e. The number of rotatable bonds is 4. The molecule has 1 saturated heterocycles. The molecule has 9 heteroatoms. The molecule has 1 aliphatic heterocycles. The lowest BCUT2D eigenvalue weighted by atomic mass is 10.1. The van der Waals surface area contributed by atoms with Gasteiger partial charge in [0.15, 0.2) is 11.0 Å². The Balaban J connectivity index is 1.47. The maximum absolute atomic E-state index is 11.8. The van der Waals surface area contributed by atoms with Gasteiger partial charge in [-0.3, -0.25) is 14.9 Å². The molecule has 2 atom stereocenters. The first-order chi connectivity index (χ1) is 10.5. The number of piperidine rings is 1. The zero-order valence-electron chi connectivity index (χ0n) is 11.7. The quantitative estimate of drug-likeness (QED) is 0.467. The number of anilines is 1. The Morgan fingerprint density at radius 3 is 2.64 bits per heavy atom. The average molecular weight is 327 g/mol. The van der Waals surface area contributed by atoms with Gasteiger partial charge in [0, 0.05) is 37.3 Å². The highest BCUT2D eigenvalue weighted by molar-refractivity contribution is 6.29. The molecule has 0 spiro atoms. The number of ether oxygens (including phenoxy) is 1. The van der Waals surface area contributed by atoms with Crippen LogP contribution in [0.1, 0.15) is 19.3 Å². The van der Waals surface area contributed by atoms with E-state index in [1.165, 1.54) is 0 Å². The fourth-order valence-corrected chi connectivity index (χ4v) is 2.70. The van der Waals surface area contributed by atoms with Crippen LogP contribution in [0.5, 0.6) is 0 Å². The number of carbonyl (C=O) groups excluding carboxylic acids is 1. The Hall–Kier alpha value is -1.96. The molecule has 1 aliphatic carbocycles. The lowest BCUT2D eigenvalue weighted by Crippen LogP contribution is -2.38. The zero-order valence-corrected chi connectivity index (χ0v) is 12.5. The first-order valence-corrected chi connectivity index (χ1v) is 7.50. The minimum absolute atomic E-state index is 0.183. The minimum atomic E-state index is -0.753.